The fourth-order valence-electron chi connectivity index (χ4n) is 3.33. The molecular weight excluding hydrogens is 419 g/mol. The van der Waals surface area contributed by atoms with E-state index in [4.69, 9.17) is 13.6 Å². The first-order chi connectivity index (χ1) is 15.6. The molecule has 4 aromatic carbocycles. The van der Waals surface area contributed by atoms with Crippen LogP contribution >= 0.6 is 7.82 Å². The van der Waals surface area contributed by atoms with Crippen molar-refractivity contribution in [2.45, 2.75) is 5.92 Å². The van der Waals surface area contributed by atoms with Crippen molar-refractivity contribution in [3.63, 3.8) is 0 Å². The molecule has 0 N–H and O–H groups in total. The van der Waals surface area contributed by atoms with E-state index in [2.05, 4.69) is 6.58 Å². The van der Waals surface area contributed by atoms with Gasteiger partial charge in [0.15, 0.2) is 0 Å². The SMILES string of the molecule is C=C(OP(=O)(Oc1ccccc1)Oc1ccccc1)C(c1ccccc1)c1ccccc1. The molecule has 0 saturated carbocycles. The van der Waals surface area contributed by atoms with E-state index in [0.29, 0.717) is 11.5 Å². The van der Waals surface area contributed by atoms with E-state index >= 15 is 0 Å². The van der Waals surface area contributed by atoms with Gasteiger partial charge in [0.25, 0.3) is 0 Å². The Hall–Kier alpha value is -3.75. The van der Waals surface area contributed by atoms with Gasteiger partial charge in [-0.3, -0.25) is 0 Å². The Morgan fingerprint density at radius 1 is 0.594 bits per heavy atom. The molecule has 0 atom stereocenters. The molecule has 0 unspecified atom stereocenters. The lowest BCUT2D eigenvalue weighted by Gasteiger charge is -2.25. The molecule has 4 rings (SSSR count). The molecule has 160 valence electrons. The molecule has 0 fully saturated rings. The number of benzene rings is 4. The molecule has 0 amide bonds. The minimum Gasteiger partial charge on any atom is -0.390 e. The second kappa shape index (κ2) is 10.0. The highest BCUT2D eigenvalue weighted by Crippen LogP contribution is 2.53. The molecule has 0 aliphatic rings. The second-order valence-corrected chi connectivity index (χ2v) is 8.51. The minimum absolute atomic E-state index is 0.262. The molecule has 5 heteroatoms. The third kappa shape index (κ3) is 5.48. The van der Waals surface area contributed by atoms with Crippen LogP contribution in [0.2, 0.25) is 0 Å². The number of hydrogen-bond acceptors (Lipinski definition) is 4. The van der Waals surface area contributed by atoms with Gasteiger partial charge in [0.1, 0.15) is 17.3 Å². The van der Waals surface area contributed by atoms with Crippen molar-refractivity contribution in [1.82, 2.24) is 0 Å². The van der Waals surface area contributed by atoms with Crippen molar-refractivity contribution in [3.8, 4) is 11.5 Å². The highest BCUT2D eigenvalue weighted by atomic mass is 31.2. The van der Waals surface area contributed by atoms with E-state index in [9.17, 15) is 4.57 Å². The predicted molar refractivity (Wildman–Crippen MR) is 127 cm³/mol. The average molecular weight is 442 g/mol. The Kier molecular flexibility index (Phi) is 6.74. The molecule has 0 heterocycles. The highest BCUT2D eigenvalue weighted by Gasteiger charge is 2.36. The largest absolute Gasteiger partial charge is 0.646 e. The maximum absolute atomic E-state index is 13.8. The minimum atomic E-state index is -4.11. The van der Waals surface area contributed by atoms with Gasteiger partial charge < -0.3 is 13.6 Å². The lowest BCUT2D eigenvalue weighted by molar-refractivity contribution is 0.249. The van der Waals surface area contributed by atoms with Gasteiger partial charge in [-0.05, 0) is 35.4 Å². The van der Waals surface area contributed by atoms with Gasteiger partial charge in [-0.2, -0.15) is 4.57 Å². The van der Waals surface area contributed by atoms with Crippen molar-refractivity contribution in [1.29, 1.82) is 0 Å². The van der Waals surface area contributed by atoms with Crippen LogP contribution in [0.5, 0.6) is 11.5 Å². The topological polar surface area (TPSA) is 44.8 Å². The number of phosphoric ester groups is 1. The number of allylic oxidation sites excluding steroid dienone is 1. The summed E-state index contributed by atoms with van der Waals surface area (Å²) in [5.41, 5.74) is 1.91. The molecule has 0 aromatic heterocycles. The summed E-state index contributed by atoms with van der Waals surface area (Å²) in [6.07, 6.45) is 0. The van der Waals surface area contributed by atoms with Crippen LogP contribution in [0.4, 0.5) is 0 Å². The summed E-state index contributed by atoms with van der Waals surface area (Å²) in [5, 5.41) is 0. The van der Waals surface area contributed by atoms with Gasteiger partial charge in [-0.15, -0.1) is 0 Å². The smallest absolute Gasteiger partial charge is 0.390 e. The van der Waals surface area contributed by atoms with E-state index in [-0.39, 0.29) is 11.7 Å². The first kappa shape index (κ1) is 21.5. The summed E-state index contributed by atoms with van der Waals surface area (Å²) in [4.78, 5) is 0. The van der Waals surface area contributed by atoms with Crippen molar-refractivity contribution < 1.29 is 18.1 Å². The van der Waals surface area contributed by atoms with Gasteiger partial charge in [0, 0.05) is 0 Å². The Balaban J connectivity index is 1.67. The molecule has 0 saturated heterocycles. The Morgan fingerprint density at radius 3 is 1.31 bits per heavy atom. The third-order valence-corrected chi connectivity index (χ3v) is 6.06. The Bertz CT molecular complexity index is 1090. The van der Waals surface area contributed by atoms with Gasteiger partial charge in [0.2, 0.25) is 0 Å². The molecule has 0 bridgehead atoms. The summed E-state index contributed by atoms with van der Waals surface area (Å²) in [7, 11) is -4.11. The maximum Gasteiger partial charge on any atom is 0.646 e. The van der Waals surface area contributed by atoms with E-state index in [1.807, 2.05) is 72.8 Å². The van der Waals surface area contributed by atoms with Crippen LogP contribution in [0.3, 0.4) is 0 Å². The van der Waals surface area contributed by atoms with Crippen LogP contribution in [0.25, 0.3) is 0 Å². The first-order valence-electron chi connectivity index (χ1n) is 10.2. The molecule has 4 aromatic rings. The van der Waals surface area contributed by atoms with Crippen LogP contribution in [-0.4, -0.2) is 0 Å². The van der Waals surface area contributed by atoms with Crippen LogP contribution in [0, 0.1) is 0 Å². The molecule has 0 spiro atoms. The second-order valence-electron chi connectivity index (χ2n) is 7.07. The lowest BCUT2D eigenvalue weighted by atomic mass is 9.90. The summed E-state index contributed by atoms with van der Waals surface area (Å²) < 4.78 is 31.2. The highest BCUT2D eigenvalue weighted by molar-refractivity contribution is 7.49. The van der Waals surface area contributed by atoms with Crippen molar-refractivity contribution in [3.05, 3.63) is 145 Å². The number of hydrogen-bond donors (Lipinski definition) is 0. The molecular formula is C27H23O4P. The molecule has 0 aliphatic heterocycles. The molecule has 4 nitrogen and oxygen atoms in total. The normalized spacial score (nSPS) is 11.0. The van der Waals surface area contributed by atoms with Crippen LogP contribution in [-0.2, 0) is 9.09 Å². The fourth-order valence-corrected chi connectivity index (χ4v) is 4.59. The average Bonchev–Trinajstić information content (AvgIpc) is 2.81. The van der Waals surface area contributed by atoms with Crippen LogP contribution in [0.15, 0.2) is 134 Å². The summed E-state index contributed by atoms with van der Waals surface area (Å²) in [6.45, 7) is 4.12. The van der Waals surface area contributed by atoms with E-state index < -0.39 is 7.82 Å². The quantitative estimate of drug-likeness (QED) is 0.198. The fraction of sp³-hybridized carbons (Fsp3) is 0.0370. The monoisotopic (exact) mass is 442 g/mol. The van der Waals surface area contributed by atoms with E-state index in [1.54, 1.807) is 48.5 Å². The molecule has 0 radical (unpaired) electrons. The lowest BCUT2D eigenvalue weighted by Crippen LogP contribution is -2.11. The Labute approximate surface area is 188 Å². The zero-order valence-corrected chi connectivity index (χ0v) is 18.3. The zero-order valence-electron chi connectivity index (χ0n) is 17.4. The van der Waals surface area contributed by atoms with Gasteiger partial charge >= 0.3 is 7.82 Å². The van der Waals surface area contributed by atoms with Gasteiger partial charge in [0.05, 0.1) is 5.92 Å². The van der Waals surface area contributed by atoms with Gasteiger partial charge in [-0.1, -0.05) is 104 Å². The van der Waals surface area contributed by atoms with Crippen LogP contribution < -0.4 is 9.05 Å². The molecule has 32 heavy (non-hydrogen) atoms. The standard InChI is InChI=1S/C27H23O4P/c1-22(27(23-14-6-2-7-15-23)24-16-8-3-9-17-24)29-32(28,30-25-18-10-4-11-19-25)31-26-20-12-5-13-21-26/h2-21,27H,1H2. The number of rotatable bonds is 9. The van der Waals surface area contributed by atoms with E-state index in [0.717, 1.165) is 11.1 Å². The third-order valence-electron chi connectivity index (χ3n) is 4.74. The van der Waals surface area contributed by atoms with Crippen molar-refractivity contribution in [2.75, 3.05) is 0 Å². The maximum atomic E-state index is 13.8. The zero-order chi connectivity index (χ0) is 22.2. The van der Waals surface area contributed by atoms with Gasteiger partial charge in [-0.25, -0.2) is 0 Å². The number of para-hydroxylation sites is 2. The molecule has 0 aliphatic carbocycles. The Morgan fingerprint density at radius 2 is 0.938 bits per heavy atom. The summed E-state index contributed by atoms with van der Waals surface area (Å²) in [6, 6.07) is 37.2. The summed E-state index contributed by atoms with van der Waals surface area (Å²) in [5.74, 6) is 0.646. The van der Waals surface area contributed by atoms with Crippen molar-refractivity contribution in [2.24, 2.45) is 0 Å². The first-order valence-corrected chi connectivity index (χ1v) is 11.7. The predicted octanol–water partition coefficient (Wildman–Crippen LogP) is 7.61. The number of phosphoric acid groups is 1. The van der Waals surface area contributed by atoms with E-state index in [1.165, 1.54) is 0 Å². The summed E-state index contributed by atoms with van der Waals surface area (Å²) >= 11 is 0. The van der Waals surface area contributed by atoms with Crippen molar-refractivity contribution >= 4 is 7.82 Å². The van der Waals surface area contributed by atoms with Crippen LogP contribution in [0.1, 0.15) is 17.0 Å².